The maximum Gasteiger partial charge on any atom is 0.305 e. The summed E-state index contributed by atoms with van der Waals surface area (Å²) in [6, 6.07) is 7.94. The summed E-state index contributed by atoms with van der Waals surface area (Å²) < 4.78 is 10.1. The first kappa shape index (κ1) is 14.6. The first-order valence-electron chi connectivity index (χ1n) is 6.27. The standard InChI is InChI=1S/C15H22O3/c1-11(2)13(10-15(16)18-4)9-12-7-5-6-8-14(12)17-3/h5-8,11,13H,9-10H2,1-4H3. The molecule has 0 aromatic heterocycles. The first-order valence-corrected chi connectivity index (χ1v) is 6.27. The minimum Gasteiger partial charge on any atom is -0.496 e. The van der Waals surface area contributed by atoms with Crippen LogP contribution in [-0.2, 0) is 16.0 Å². The monoisotopic (exact) mass is 250 g/mol. The van der Waals surface area contributed by atoms with Crippen LogP contribution in [0.1, 0.15) is 25.8 Å². The van der Waals surface area contributed by atoms with Crippen LogP contribution in [0.3, 0.4) is 0 Å². The number of esters is 1. The van der Waals surface area contributed by atoms with Crippen molar-refractivity contribution in [2.45, 2.75) is 26.7 Å². The van der Waals surface area contributed by atoms with E-state index in [0.717, 1.165) is 17.7 Å². The topological polar surface area (TPSA) is 35.5 Å². The van der Waals surface area contributed by atoms with E-state index >= 15 is 0 Å². The second kappa shape index (κ2) is 7.04. The Morgan fingerprint density at radius 3 is 2.44 bits per heavy atom. The van der Waals surface area contributed by atoms with Crippen molar-refractivity contribution in [1.82, 2.24) is 0 Å². The molecule has 0 saturated heterocycles. The highest BCUT2D eigenvalue weighted by Crippen LogP contribution is 2.26. The van der Waals surface area contributed by atoms with Crippen LogP contribution in [0.5, 0.6) is 5.75 Å². The largest absolute Gasteiger partial charge is 0.496 e. The van der Waals surface area contributed by atoms with Gasteiger partial charge in [-0.2, -0.15) is 0 Å². The molecule has 0 aliphatic carbocycles. The first-order chi connectivity index (χ1) is 8.58. The van der Waals surface area contributed by atoms with Crippen molar-refractivity contribution in [3.63, 3.8) is 0 Å². The Balaban J connectivity index is 2.79. The van der Waals surface area contributed by atoms with Crippen molar-refractivity contribution in [2.75, 3.05) is 14.2 Å². The Morgan fingerprint density at radius 2 is 1.89 bits per heavy atom. The van der Waals surface area contributed by atoms with E-state index in [-0.39, 0.29) is 11.9 Å². The summed E-state index contributed by atoms with van der Waals surface area (Å²) in [5.41, 5.74) is 1.14. The van der Waals surface area contributed by atoms with E-state index < -0.39 is 0 Å². The maximum atomic E-state index is 11.4. The predicted molar refractivity (Wildman–Crippen MR) is 71.7 cm³/mol. The Labute approximate surface area is 109 Å². The van der Waals surface area contributed by atoms with Gasteiger partial charge >= 0.3 is 5.97 Å². The highest BCUT2D eigenvalue weighted by molar-refractivity contribution is 5.69. The normalized spacial score (nSPS) is 12.3. The van der Waals surface area contributed by atoms with E-state index in [1.807, 2.05) is 24.3 Å². The second-order valence-corrected chi connectivity index (χ2v) is 4.80. The van der Waals surface area contributed by atoms with Crippen LogP contribution in [-0.4, -0.2) is 20.2 Å². The van der Waals surface area contributed by atoms with E-state index in [1.54, 1.807) is 7.11 Å². The molecular weight excluding hydrogens is 228 g/mol. The number of carbonyl (C=O) groups is 1. The van der Waals surface area contributed by atoms with Gasteiger partial charge in [-0.25, -0.2) is 0 Å². The highest BCUT2D eigenvalue weighted by Gasteiger charge is 2.19. The van der Waals surface area contributed by atoms with Crippen LogP contribution in [0.4, 0.5) is 0 Å². The molecular formula is C15H22O3. The fourth-order valence-corrected chi connectivity index (χ4v) is 2.00. The molecule has 100 valence electrons. The predicted octanol–water partition coefficient (Wildman–Crippen LogP) is 3.07. The van der Waals surface area contributed by atoms with Crippen molar-refractivity contribution in [1.29, 1.82) is 0 Å². The third-order valence-electron chi connectivity index (χ3n) is 3.27. The summed E-state index contributed by atoms with van der Waals surface area (Å²) in [6.45, 7) is 4.26. The molecule has 1 atom stereocenters. The average Bonchev–Trinajstić information content (AvgIpc) is 2.38. The number of hydrogen-bond acceptors (Lipinski definition) is 3. The highest BCUT2D eigenvalue weighted by atomic mass is 16.5. The zero-order valence-corrected chi connectivity index (χ0v) is 11.6. The van der Waals surface area contributed by atoms with Crippen LogP contribution < -0.4 is 4.74 Å². The zero-order chi connectivity index (χ0) is 13.5. The molecule has 0 bridgehead atoms. The van der Waals surface area contributed by atoms with Crippen molar-refractivity contribution in [3.05, 3.63) is 29.8 Å². The Hall–Kier alpha value is -1.51. The second-order valence-electron chi connectivity index (χ2n) is 4.80. The molecule has 0 radical (unpaired) electrons. The lowest BCUT2D eigenvalue weighted by Gasteiger charge is -2.20. The third kappa shape index (κ3) is 4.06. The van der Waals surface area contributed by atoms with E-state index in [4.69, 9.17) is 9.47 Å². The Kier molecular flexibility index (Phi) is 5.69. The molecule has 0 aliphatic rings. The zero-order valence-electron chi connectivity index (χ0n) is 11.6. The number of methoxy groups -OCH3 is 2. The SMILES string of the molecule is COC(=O)CC(Cc1ccccc1OC)C(C)C. The van der Waals surface area contributed by atoms with Crippen molar-refractivity contribution in [3.8, 4) is 5.75 Å². The van der Waals surface area contributed by atoms with Crippen LogP contribution in [0.2, 0.25) is 0 Å². The van der Waals surface area contributed by atoms with E-state index in [9.17, 15) is 4.79 Å². The summed E-state index contributed by atoms with van der Waals surface area (Å²) in [6.07, 6.45) is 1.28. The number of benzene rings is 1. The van der Waals surface area contributed by atoms with Gasteiger partial charge in [-0.05, 0) is 29.9 Å². The number of carbonyl (C=O) groups excluding carboxylic acids is 1. The van der Waals surface area contributed by atoms with Gasteiger partial charge in [0.05, 0.1) is 14.2 Å². The van der Waals surface area contributed by atoms with Gasteiger partial charge in [0.25, 0.3) is 0 Å². The molecule has 1 aromatic carbocycles. The van der Waals surface area contributed by atoms with E-state index in [0.29, 0.717) is 12.3 Å². The van der Waals surface area contributed by atoms with E-state index in [2.05, 4.69) is 13.8 Å². The van der Waals surface area contributed by atoms with Crippen LogP contribution in [0, 0.1) is 11.8 Å². The van der Waals surface area contributed by atoms with Crippen LogP contribution in [0.25, 0.3) is 0 Å². The smallest absolute Gasteiger partial charge is 0.305 e. The molecule has 1 rings (SSSR count). The maximum absolute atomic E-state index is 11.4. The molecule has 0 heterocycles. The summed E-state index contributed by atoms with van der Waals surface area (Å²) >= 11 is 0. The van der Waals surface area contributed by atoms with Gasteiger partial charge in [-0.1, -0.05) is 32.0 Å². The Bertz CT molecular complexity index is 385. The number of hydrogen-bond donors (Lipinski definition) is 0. The van der Waals surface area contributed by atoms with Gasteiger partial charge < -0.3 is 9.47 Å². The number of rotatable bonds is 6. The molecule has 3 heteroatoms. The molecule has 0 saturated carbocycles. The molecule has 0 aliphatic heterocycles. The molecule has 0 fully saturated rings. The molecule has 0 N–H and O–H groups in total. The molecule has 3 nitrogen and oxygen atoms in total. The summed E-state index contributed by atoms with van der Waals surface area (Å²) in [5, 5.41) is 0. The fourth-order valence-electron chi connectivity index (χ4n) is 2.00. The van der Waals surface area contributed by atoms with Gasteiger partial charge in [0.1, 0.15) is 5.75 Å². The average molecular weight is 250 g/mol. The van der Waals surface area contributed by atoms with Gasteiger partial charge in [0, 0.05) is 6.42 Å². The minimum absolute atomic E-state index is 0.149. The molecule has 0 amide bonds. The number of para-hydroxylation sites is 1. The van der Waals surface area contributed by atoms with Gasteiger partial charge in [0.15, 0.2) is 0 Å². The number of ether oxygens (including phenoxy) is 2. The van der Waals surface area contributed by atoms with Gasteiger partial charge in [-0.3, -0.25) is 4.79 Å². The van der Waals surface area contributed by atoms with Crippen LogP contribution in [0.15, 0.2) is 24.3 Å². The molecule has 1 aromatic rings. The lowest BCUT2D eigenvalue weighted by Crippen LogP contribution is -2.18. The van der Waals surface area contributed by atoms with Crippen molar-refractivity contribution < 1.29 is 14.3 Å². The van der Waals surface area contributed by atoms with E-state index in [1.165, 1.54) is 7.11 Å². The fraction of sp³-hybridized carbons (Fsp3) is 0.533. The summed E-state index contributed by atoms with van der Waals surface area (Å²) in [4.78, 5) is 11.4. The lowest BCUT2D eigenvalue weighted by molar-refractivity contribution is -0.142. The van der Waals surface area contributed by atoms with Crippen molar-refractivity contribution in [2.24, 2.45) is 11.8 Å². The van der Waals surface area contributed by atoms with Gasteiger partial charge in [0.2, 0.25) is 0 Å². The molecule has 0 spiro atoms. The molecule has 18 heavy (non-hydrogen) atoms. The van der Waals surface area contributed by atoms with Crippen molar-refractivity contribution >= 4 is 5.97 Å². The van der Waals surface area contributed by atoms with Crippen LogP contribution >= 0.6 is 0 Å². The molecule has 1 unspecified atom stereocenters. The minimum atomic E-state index is -0.149. The Morgan fingerprint density at radius 1 is 1.22 bits per heavy atom. The third-order valence-corrected chi connectivity index (χ3v) is 3.27. The lowest BCUT2D eigenvalue weighted by atomic mass is 9.86. The summed E-state index contributed by atoms with van der Waals surface area (Å²) in [5.74, 6) is 1.43. The quantitative estimate of drug-likeness (QED) is 0.728. The summed E-state index contributed by atoms with van der Waals surface area (Å²) in [7, 11) is 3.10. The van der Waals surface area contributed by atoms with Gasteiger partial charge in [-0.15, -0.1) is 0 Å².